The number of fused-ring (bicyclic) bond motifs is 1. The highest BCUT2D eigenvalue weighted by atomic mass is 79.9. The van der Waals surface area contributed by atoms with Crippen LogP contribution >= 0.6 is 39.1 Å². The lowest BCUT2D eigenvalue weighted by Crippen LogP contribution is -2.10. The minimum absolute atomic E-state index is 0.199. The molecule has 5 aromatic rings. The van der Waals surface area contributed by atoms with E-state index in [4.69, 9.17) is 37.1 Å². The monoisotopic (exact) mass is 594 g/mol. The number of nitrogens with zero attached hydrogens (tertiary/aromatic N) is 2. The van der Waals surface area contributed by atoms with Crippen molar-refractivity contribution in [3.63, 3.8) is 0 Å². The number of hydrogen-bond acceptors (Lipinski definition) is 6. The normalized spacial score (nSPS) is 11.2. The van der Waals surface area contributed by atoms with E-state index in [0.717, 1.165) is 15.6 Å². The third-order valence-corrected chi connectivity index (χ3v) is 6.39. The predicted octanol–water partition coefficient (Wildman–Crippen LogP) is 8.54. The number of hydrogen-bond donors (Lipinski definition) is 0. The number of ether oxygens (including phenoxy) is 2. The quantitative estimate of drug-likeness (QED) is 0.112. The highest BCUT2D eigenvalue weighted by molar-refractivity contribution is 9.10. The van der Waals surface area contributed by atoms with Crippen LogP contribution < -0.4 is 9.47 Å². The summed E-state index contributed by atoms with van der Waals surface area (Å²) in [6, 6.07) is 23.0. The Hall–Kier alpha value is -3.65. The number of carbonyl (C=O) groups excluding carboxylic acids is 1. The van der Waals surface area contributed by atoms with Crippen molar-refractivity contribution in [2.24, 2.45) is 4.99 Å². The lowest BCUT2D eigenvalue weighted by Gasteiger charge is -2.10. The number of carbonyl (C=O) groups is 1. The SMILES string of the molecule is COc1cc(C=Nc2ccc3oc(-c4cccc(Br)c4)nc3c2)ccc1OC(=O)c1ccc(Cl)cc1Cl. The van der Waals surface area contributed by atoms with Crippen molar-refractivity contribution >= 4 is 68.1 Å². The number of rotatable bonds is 6. The molecule has 1 aromatic heterocycles. The average molecular weight is 596 g/mol. The molecule has 0 aliphatic rings. The van der Waals surface area contributed by atoms with E-state index >= 15 is 0 Å². The molecule has 0 aliphatic carbocycles. The Balaban J connectivity index is 1.34. The second kappa shape index (κ2) is 10.8. The Morgan fingerprint density at radius 2 is 1.86 bits per heavy atom. The molecule has 0 radical (unpaired) electrons. The summed E-state index contributed by atoms with van der Waals surface area (Å²) >= 11 is 15.5. The van der Waals surface area contributed by atoms with E-state index in [9.17, 15) is 4.79 Å². The summed E-state index contributed by atoms with van der Waals surface area (Å²) in [4.78, 5) is 21.7. The van der Waals surface area contributed by atoms with Crippen LogP contribution in [0.4, 0.5) is 5.69 Å². The Morgan fingerprint density at radius 1 is 1.00 bits per heavy atom. The highest BCUT2D eigenvalue weighted by Crippen LogP contribution is 2.31. The molecule has 0 aliphatic heterocycles. The summed E-state index contributed by atoms with van der Waals surface area (Å²) < 4.78 is 17.8. The Morgan fingerprint density at radius 3 is 2.65 bits per heavy atom. The summed E-state index contributed by atoms with van der Waals surface area (Å²) in [6.45, 7) is 0. The molecule has 0 atom stereocenters. The minimum atomic E-state index is -0.621. The van der Waals surface area contributed by atoms with E-state index in [0.29, 0.717) is 33.4 Å². The molecule has 184 valence electrons. The van der Waals surface area contributed by atoms with Crippen molar-refractivity contribution in [1.82, 2.24) is 4.98 Å². The molecule has 0 fully saturated rings. The van der Waals surface area contributed by atoms with Gasteiger partial charge in [0.2, 0.25) is 5.89 Å². The maximum Gasteiger partial charge on any atom is 0.345 e. The Bertz CT molecular complexity index is 1670. The fourth-order valence-corrected chi connectivity index (χ4v) is 4.43. The summed E-state index contributed by atoms with van der Waals surface area (Å²) in [5.41, 5.74) is 3.89. The van der Waals surface area contributed by atoms with Gasteiger partial charge in [0.25, 0.3) is 0 Å². The van der Waals surface area contributed by atoms with E-state index < -0.39 is 5.97 Å². The first-order valence-electron chi connectivity index (χ1n) is 11.0. The van der Waals surface area contributed by atoms with Gasteiger partial charge < -0.3 is 13.9 Å². The van der Waals surface area contributed by atoms with E-state index in [-0.39, 0.29) is 16.3 Å². The van der Waals surface area contributed by atoms with E-state index in [1.807, 2.05) is 42.5 Å². The summed E-state index contributed by atoms with van der Waals surface area (Å²) in [5, 5.41) is 0.628. The van der Waals surface area contributed by atoms with Crippen molar-refractivity contribution in [3.8, 4) is 23.0 Å². The fourth-order valence-electron chi connectivity index (χ4n) is 3.55. The lowest BCUT2D eigenvalue weighted by atomic mass is 10.2. The number of aliphatic imine (C=N–C) groups is 1. The smallest absolute Gasteiger partial charge is 0.345 e. The molecule has 37 heavy (non-hydrogen) atoms. The zero-order valence-corrected chi connectivity index (χ0v) is 22.3. The van der Waals surface area contributed by atoms with Crippen LogP contribution in [0.2, 0.25) is 10.0 Å². The van der Waals surface area contributed by atoms with Crippen LogP contribution in [0.5, 0.6) is 11.5 Å². The molecule has 0 unspecified atom stereocenters. The van der Waals surface area contributed by atoms with Crippen LogP contribution in [0, 0.1) is 0 Å². The zero-order chi connectivity index (χ0) is 25.9. The van der Waals surface area contributed by atoms with Gasteiger partial charge in [-0.1, -0.05) is 45.2 Å². The van der Waals surface area contributed by atoms with E-state index in [1.165, 1.54) is 19.2 Å². The summed E-state index contributed by atoms with van der Waals surface area (Å²) in [7, 11) is 1.49. The molecule has 0 bridgehead atoms. The van der Waals surface area contributed by atoms with Crippen LogP contribution in [-0.4, -0.2) is 24.3 Å². The van der Waals surface area contributed by atoms with Crippen molar-refractivity contribution in [2.45, 2.75) is 0 Å². The summed E-state index contributed by atoms with van der Waals surface area (Å²) in [5.74, 6) is 0.532. The minimum Gasteiger partial charge on any atom is -0.493 e. The third-order valence-electron chi connectivity index (χ3n) is 5.35. The molecule has 5 rings (SSSR count). The largest absolute Gasteiger partial charge is 0.493 e. The van der Waals surface area contributed by atoms with Crippen molar-refractivity contribution in [3.05, 3.63) is 105 Å². The van der Waals surface area contributed by atoms with Crippen LogP contribution in [0.1, 0.15) is 15.9 Å². The number of methoxy groups -OCH3 is 1. The number of aromatic nitrogens is 1. The topological polar surface area (TPSA) is 73.9 Å². The van der Waals surface area contributed by atoms with Crippen molar-refractivity contribution < 1.29 is 18.7 Å². The van der Waals surface area contributed by atoms with Crippen LogP contribution in [0.25, 0.3) is 22.6 Å². The van der Waals surface area contributed by atoms with Gasteiger partial charge in [0.1, 0.15) is 5.52 Å². The molecular formula is C28H17BrCl2N2O4. The van der Waals surface area contributed by atoms with Crippen LogP contribution in [0.3, 0.4) is 0 Å². The highest BCUT2D eigenvalue weighted by Gasteiger charge is 2.16. The van der Waals surface area contributed by atoms with Gasteiger partial charge in [-0.25, -0.2) is 9.78 Å². The molecule has 9 heteroatoms. The first-order valence-corrected chi connectivity index (χ1v) is 12.5. The van der Waals surface area contributed by atoms with Crippen LogP contribution in [0.15, 0.2) is 92.7 Å². The molecule has 4 aromatic carbocycles. The van der Waals surface area contributed by atoms with Crippen molar-refractivity contribution in [1.29, 1.82) is 0 Å². The first-order chi connectivity index (χ1) is 17.9. The van der Waals surface area contributed by atoms with Crippen LogP contribution in [-0.2, 0) is 0 Å². The third kappa shape index (κ3) is 5.69. The maximum absolute atomic E-state index is 12.6. The predicted molar refractivity (Wildman–Crippen MR) is 149 cm³/mol. The standard InChI is InChI=1S/C28H17BrCl2N2O4/c1-35-26-11-16(5-9-25(26)37-28(34)21-8-6-19(30)13-22(21)31)15-32-20-7-10-24-23(14-20)33-27(36-24)17-3-2-4-18(29)12-17/h2-15H,1H3. The first kappa shape index (κ1) is 25.0. The maximum atomic E-state index is 12.6. The van der Waals surface area contributed by atoms with E-state index in [1.54, 1.807) is 30.5 Å². The Kier molecular flexibility index (Phi) is 7.28. The number of benzene rings is 4. The van der Waals surface area contributed by atoms with Gasteiger partial charge in [0.05, 0.1) is 23.4 Å². The molecule has 0 amide bonds. The van der Waals surface area contributed by atoms with Gasteiger partial charge >= 0.3 is 5.97 Å². The number of halogens is 3. The second-order valence-electron chi connectivity index (χ2n) is 7.86. The summed E-state index contributed by atoms with van der Waals surface area (Å²) in [6.07, 6.45) is 1.68. The average Bonchev–Trinajstić information content (AvgIpc) is 3.31. The molecular weight excluding hydrogens is 579 g/mol. The molecule has 6 nitrogen and oxygen atoms in total. The molecule has 0 saturated carbocycles. The molecule has 0 saturated heterocycles. The molecule has 1 heterocycles. The lowest BCUT2D eigenvalue weighted by molar-refractivity contribution is 0.0730. The van der Waals surface area contributed by atoms with Crippen molar-refractivity contribution in [2.75, 3.05) is 7.11 Å². The number of esters is 1. The molecule has 0 spiro atoms. The van der Waals surface area contributed by atoms with Gasteiger partial charge in [-0.2, -0.15) is 0 Å². The fraction of sp³-hybridized carbons (Fsp3) is 0.0357. The zero-order valence-electron chi connectivity index (χ0n) is 19.2. The van der Waals surface area contributed by atoms with Gasteiger partial charge in [-0.05, 0) is 78.4 Å². The van der Waals surface area contributed by atoms with Gasteiger partial charge in [0, 0.05) is 21.3 Å². The van der Waals surface area contributed by atoms with Gasteiger partial charge in [-0.3, -0.25) is 4.99 Å². The second-order valence-corrected chi connectivity index (χ2v) is 9.62. The molecule has 0 N–H and O–H groups in total. The number of oxazole rings is 1. The van der Waals surface area contributed by atoms with Gasteiger partial charge in [-0.15, -0.1) is 0 Å². The Labute approximate surface area is 230 Å². The van der Waals surface area contributed by atoms with E-state index in [2.05, 4.69) is 25.9 Å². The van der Waals surface area contributed by atoms with Gasteiger partial charge in [0.15, 0.2) is 17.1 Å².